The van der Waals surface area contributed by atoms with Crippen molar-refractivity contribution < 1.29 is 14.3 Å². The Morgan fingerprint density at radius 1 is 1.47 bits per heavy atom. The summed E-state index contributed by atoms with van der Waals surface area (Å²) in [6, 6.07) is 9.72. The number of esters is 1. The van der Waals surface area contributed by atoms with Gasteiger partial charge in [-0.1, -0.05) is 30.3 Å². The van der Waals surface area contributed by atoms with Crippen LogP contribution in [0.5, 0.6) is 0 Å². The van der Waals surface area contributed by atoms with Gasteiger partial charge < -0.3 is 9.47 Å². The summed E-state index contributed by atoms with van der Waals surface area (Å²) in [6.07, 6.45) is -0.445. The van der Waals surface area contributed by atoms with Gasteiger partial charge in [-0.3, -0.25) is 0 Å². The zero-order chi connectivity index (χ0) is 10.9. The molecule has 1 saturated heterocycles. The fraction of sp³-hybridized carbons (Fsp3) is 0.417. The largest absolute Gasteiger partial charge is 0.464 e. The molecule has 0 aromatic heterocycles. The summed E-state index contributed by atoms with van der Waals surface area (Å²) in [7, 11) is 0. The first-order valence-corrected chi connectivity index (χ1v) is 5.08. The van der Waals surface area contributed by atoms with Crippen molar-refractivity contribution in [3.8, 4) is 0 Å². The van der Waals surface area contributed by atoms with Crippen LogP contribution in [0.2, 0.25) is 0 Å². The minimum atomic E-state index is -0.493. The van der Waals surface area contributed by atoms with Crippen LogP contribution in [0.15, 0.2) is 30.3 Å². The third kappa shape index (κ3) is 1.75. The lowest BCUT2D eigenvalue weighted by Gasteiger charge is -2.05. The standard InChI is InChI=1S/C12H14O3/c1-3-14-11(13)10-12(2,15-10)9-7-5-4-6-8-9/h4-8,10H,3H2,1-2H3/t10-,12-/m1/s1. The second kappa shape index (κ2) is 3.66. The molecule has 3 heteroatoms. The van der Waals surface area contributed by atoms with Crippen LogP contribution in [-0.2, 0) is 19.9 Å². The van der Waals surface area contributed by atoms with Crippen LogP contribution in [0.4, 0.5) is 0 Å². The van der Waals surface area contributed by atoms with E-state index < -0.39 is 11.7 Å². The Kier molecular flexibility index (Phi) is 2.49. The third-order valence-electron chi connectivity index (χ3n) is 2.65. The molecule has 1 aliphatic rings. The van der Waals surface area contributed by atoms with E-state index in [-0.39, 0.29) is 5.97 Å². The number of carbonyl (C=O) groups is 1. The molecular formula is C12H14O3. The van der Waals surface area contributed by atoms with E-state index in [9.17, 15) is 4.79 Å². The lowest BCUT2D eigenvalue weighted by atomic mass is 9.97. The van der Waals surface area contributed by atoms with Crippen molar-refractivity contribution in [2.24, 2.45) is 0 Å². The van der Waals surface area contributed by atoms with Gasteiger partial charge in [-0.25, -0.2) is 4.79 Å². The first-order chi connectivity index (χ1) is 7.18. The molecule has 2 atom stereocenters. The summed E-state index contributed by atoms with van der Waals surface area (Å²) in [6.45, 7) is 4.09. The van der Waals surface area contributed by atoms with Crippen molar-refractivity contribution in [1.29, 1.82) is 0 Å². The van der Waals surface area contributed by atoms with Crippen molar-refractivity contribution in [1.82, 2.24) is 0 Å². The molecule has 1 aromatic carbocycles. The van der Waals surface area contributed by atoms with Crippen molar-refractivity contribution in [2.45, 2.75) is 25.6 Å². The predicted molar refractivity (Wildman–Crippen MR) is 55.3 cm³/mol. The monoisotopic (exact) mass is 206 g/mol. The van der Waals surface area contributed by atoms with Crippen LogP contribution in [0, 0.1) is 0 Å². The summed E-state index contributed by atoms with van der Waals surface area (Å²) in [5.74, 6) is -0.274. The minimum absolute atomic E-state index is 0.274. The Balaban J connectivity index is 2.10. The van der Waals surface area contributed by atoms with E-state index in [4.69, 9.17) is 9.47 Å². The summed E-state index contributed by atoms with van der Waals surface area (Å²) in [4.78, 5) is 11.4. The van der Waals surface area contributed by atoms with Crippen LogP contribution >= 0.6 is 0 Å². The van der Waals surface area contributed by atoms with E-state index in [1.165, 1.54) is 0 Å². The second-order valence-electron chi connectivity index (χ2n) is 3.72. The smallest absolute Gasteiger partial charge is 0.338 e. The van der Waals surface area contributed by atoms with Crippen LogP contribution in [0.25, 0.3) is 0 Å². The van der Waals surface area contributed by atoms with Gasteiger partial charge in [-0.15, -0.1) is 0 Å². The predicted octanol–water partition coefficient (Wildman–Crippen LogP) is 1.86. The number of hydrogen-bond donors (Lipinski definition) is 0. The molecule has 15 heavy (non-hydrogen) atoms. The Morgan fingerprint density at radius 3 is 2.73 bits per heavy atom. The molecule has 1 aliphatic heterocycles. The van der Waals surface area contributed by atoms with E-state index in [0.717, 1.165) is 5.56 Å². The maximum Gasteiger partial charge on any atom is 0.338 e. The number of epoxide rings is 1. The van der Waals surface area contributed by atoms with E-state index >= 15 is 0 Å². The number of hydrogen-bond acceptors (Lipinski definition) is 3. The van der Waals surface area contributed by atoms with E-state index in [0.29, 0.717) is 6.61 Å². The average Bonchev–Trinajstić information content (AvgIpc) is 2.94. The normalized spacial score (nSPS) is 28.5. The minimum Gasteiger partial charge on any atom is -0.464 e. The van der Waals surface area contributed by atoms with Crippen molar-refractivity contribution in [3.63, 3.8) is 0 Å². The Morgan fingerprint density at radius 2 is 2.13 bits per heavy atom. The molecule has 1 aromatic rings. The first kappa shape index (κ1) is 10.2. The molecule has 0 radical (unpaired) electrons. The Labute approximate surface area is 89.0 Å². The molecule has 0 saturated carbocycles. The zero-order valence-corrected chi connectivity index (χ0v) is 8.90. The molecule has 0 unspecified atom stereocenters. The van der Waals surface area contributed by atoms with Crippen molar-refractivity contribution in [2.75, 3.05) is 6.61 Å². The molecule has 0 amide bonds. The molecule has 0 spiro atoms. The molecule has 0 N–H and O–H groups in total. The van der Waals surface area contributed by atoms with Gasteiger partial charge in [0.1, 0.15) is 5.60 Å². The number of ether oxygens (including phenoxy) is 2. The highest BCUT2D eigenvalue weighted by atomic mass is 16.7. The molecular weight excluding hydrogens is 192 g/mol. The van der Waals surface area contributed by atoms with Gasteiger partial charge in [0.15, 0.2) is 6.10 Å². The molecule has 0 aliphatic carbocycles. The van der Waals surface area contributed by atoms with E-state index in [2.05, 4.69) is 0 Å². The summed E-state index contributed by atoms with van der Waals surface area (Å²) < 4.78 is 10.3. The molecule has 3 nitrogen and oxygen atoms in total. The van der Waals surface area contributed by atoms with Gasteiger partial charge in [0, 0.05) is 0 Å². The van der Waals surface area contributed by atoms with Gasteiger partial charge >= 0.3 is 5.97 Å². The zero-order valence-electron chi connectivity index (χ0n) is 8.90. The van der Waals surface area contributed by atoms with Crippen LogP contribution < -0.4 is 0 Å². The summed E-state index contributed by atoms with van der Waals surface area (Å²) >= 11 is 0. The van der Waals surface area contributed by atoms with Crippen molar-refractivity contribution in [3.05, 3.63) is 35.9 Å². The van der Waals surface area contributed by atoms with Gasteiger partial charge in [0.05, 0.1) is 6.61 Å². The highest BCUT2D eigenvalue weighted by Crippen LogP contribution is 2.46. The number of carbonyl (C=O) groups excluding carboxylic acids is 1. The van der Waals surface area contributed by atoms with Gasteiger partial charge in [-0.2, -0.15) is 0 Å². The lowest BCUT2D eigenvalue weighted by Crippen LogP contribution is -2.18. The lowest BCUT2D eigenvalue weighted by molar-refractivity contribution is -0.144. The molecule has 80 valence electrons. The fourth-order valence-corrected chi connectivity index (χ4v) is 1.69. The fourth-order valence-electron chi connectivity index (χ4n) is 1.69. The molecule has 1 heterocycles. The average molecular weight is 206 g/mol. The topological polar surface area (TPSA) is 38.8 Å². The van der Waals surface area contributed by atoms with E-state index in [1.807, 2.05) is 37.3 Å². The highest BCUT2D eigenvalue weighted by molar-refractivity contribution is 5.79. The molecule has 2 rings (SSSR count). The molecule has 0 bridgehead atoms. The van der Waals surface area contributed by atoms with Crippen LogP contribution in [0.3, 0.4) is 0 Å². The van der Waals surface area contributed by atoms with Crippen LogP contribution in [0.1, 0.15) is 19.4 Å². The second-order valence-corrected chi connectivity index (χ2v) is 3.72. The molecule has 1 fully saturated rings. The Hall–Kier alpha value is -1.35. The van der Waals surface area contributed by atoms with Gasteiger partial charge in [-0.05, 0) is 19.4 Å². The van der Waals surface area contributed by atoms with Gasteiger partial charge in [0.2, 0.25) is 0 Å². The van der Waals surface area contributed by atoms with Gasteiger partial charge in [0.25, 0.3) is 0 Å². The van der Waals surface area contributed by atoms with Crippen LogP contribution in [-0.4, -0.2) is 18.7 Å². The first-order valence-electron chi connectivity index (χ1n) is 5.08. The van der Waals surface area contributed by atoms with Crippen molar-refractivity contribution >= 4 is 5.97 Å². The highest BCUT2D eigenvalue weighted by Gasteiger charge is 2.59. The maximum atomic E-state index is 11.4. The number of rotatable bonds is 3. The summed E-state index contributed by atoms with van der Waals surface area (Å²) in [5, 5.41) is 0. The quantitative estimate of drug-likeness (QED) is 0.559. The maximum absolute atomic E-state index is 11.4. The third-order valence-corrected chi connectivity index (χ3v) is 2.65. The SMILES string of the molecule is CCOC(=O)[C@H]1O[C@]1(C)c1ccccc1. The van der Waals surface area contributed by atoms with E-state index in [1.54, 1.807) is 6.92 Å². The number of benzene rings is 1. The Bertz CT molecular complexity index is 360. The summed E-state index contributed by atoms with van der Waals surface area (Å²) in [5.41, 5.74) is 0.524.